The Kier molecular flexibility index (Phi) is 7.70. The SMILES string of the molecule is CCOc1ccc(C(=O)NNC(=O)c2ccc(OC(C)C)c(OC)c2)cc1OC. The van der Waals surface area contributed by atoms with Crippen molar-refractivity contribution in [2.45, 2.75) is 26.9 Å². The van der Waals surface area contributed by atoms with Crippen LogP contribution < -0.4 is 29.8 Å². The minimum absolute atomic E-state index is 0.0334. The predicted molar refractivity (Wildman–Crippen MR) is 108 cm³/mol. The highest BCUT2D eigenvalue weighted by Crippen LogP contribution is 2.29. The molecule has 0 bridgehead atoms. The van der Waals surface area contributed by atoms with Crippen molar-refractivity contribution in [3.05, 3.63) is 47.5 Å². The molecule has 2 N–H and O–H groups in total. The van der Waals surface area contributed by atoms with E-state index in [0.717, 1.165) is 0 Å². The number of methoxy groups -OCH3 is 2. The van der Waals surface area contributed by atoms with E-state index in [4.69, 9.17) is 18.9 Å². The van der Waals surface area contributed by atoms with Crippen LogP contribution in [-0.2, 0) is 0 Å². The fourth-order valence-electron chi connectivity index (χ4n) is 2.50. The molecular formula is C21H26N2O6. The molecule has 0 aliphatic carbocycles. The van der Waals surface area contributed by atoms with E-state index in [1.165, 1.54) is 20.3 Å². The molecule has 2 aromatic carbocycles. The van der Waals surface area contributed by atoms with Crippen LogP contribution in [0.15, 0.2) is 36.4 Å². The topological polar surface area (TPSA) is 95.1 Å². The third kappa shape index (κ3) is 5.78. The summed E-state index contributed by atoms with van der Waals surface area (Å²) in [5.74, 6) is 0.929. The summed E-state index contributed by atoms with van der Waals surface area (Å²) in [4.78, 5) is 24.7. The predicted octanol–water partition coefficient (Wildman–Crippen LogP) is 2.96. The Balaban J connectivity index is 2.05. The number of benzene rings is 2. The molecule has 0 saturated carbocycles. The molecule has 0 aliphatic rings. The number of carbonyl (C=O) groups is 2. The van der Waals surface area contributed by atoms with E-state index in [2.05, 4.69) is 10.9 Å². The fourth-order valence-corrected chi connectivity index (χ4v) is 2.50. The maximum absolute atomic E-state index is 12.4. The summed E-state index contributed by atoms with van der Waals surface area (Å²) in [7, 11) is 2.98. The molecule has 0 fully saturated rings. The van der Waals surface area contributed by atoms with E-state index in [-0.39, 0.29) is 6.10 Å². The van der Waals surface area contributed by atoms with E-state index in [0.29, 0.717) is 40.7 Å². The van der Waals surface area contributed by atoms with Crippen molar-refractivity contribution in [1.29, 1.82) is 0 Å². The fraction of sp³-hybridized carbons (Fsp3) is 0.333. The van der Waals surface area contributed by atoms with Crippen molar-refractivity contribution in [3.63, 3.8) is 0 Å². The summed E-state index contributed by atoms with van der Waals surface area (Å²) < 4.78 is 21.6. The zero-order valence-electron chi connectivity index (χ0n) is 17.2. The van der Waals surface area contributed by atoms with Crippen molar-refractivity contribution >= 4 is 11.8 Å². The lowest BCUT2D eigenvalue weighted by Crippen LogP contribution is -2.41. The van der Waals surface area contributed by atoms with Crippen molar-refractivity contribution < 1.29 is 28.5 Å². The van der Waals surface area contributed by atoms with Crippen LogP contribution in [0.2, 0.25) is 0 Å². The lowest BCUT2D eigenvalue weighted by Gasteiger charge is -2.15. The lowest BCUT2D eigenvalue weighted by molar-refractivity contribution is 0.0846. The monoisotopic (exact) mass is 402 g/mol. The summed E-state index contributed by atoms with van der Waals surface area (Å²) in [5.41, 5.74) is 5.37. The Morgan fingerprint density at radius 1 is 0.828 bits per heavy atom. The summed E-state index contributed by atoms with van der Waals surface area (Å²) in [6, 6.07) is 9.52. The van der Waals surface area contributed by atoms with E-state index in [9.17, 15) is 9.59 Å². The van der Waals surface area contributed by atoms with Crippen LogP contribution in [-0.4, -0.2) is 38.7 Å². The van der Waals surface area contributed by atoms with E-state index >= 15 is 0 Å². The van der Waals surface area contributed by atoms with E-state index in [1.807, 2.05) is 20.8 Å². The summed E-state index contributed by atoms with van der Waals surface area (Å²) in [6.07, 6.45) is -0.0334. The normalized spacial score (nSPS) is 10.3. The molecule has 0 heterocycles. The maximum Gasteiger partial charge on any atom is 0.269 e. The van der Waals surface area contributed by atoms with Crippen molar-refractivity contribution in [2.24, 2.45) is 0 Å². The molecule has 0 unspecified atom stereocenters. The van der Waals surface area contributed by atoms with Crippen LogP contribution in [0.5, 0.6) is 23.0 Å². The number of hydrogen-bond acceptors (Lipinski definition) is 6. The number of amides is 2. The number of hydrazine groups is 1. The summed E-state index contributed by atoms with van der Waals surface area (Å²) >= 11 is 0. The second kappa shape index (κ2) is 10.2. The highest BCUT2D eigenvalue weighted by Gasteiger charge is 2.15. The Labute approximate surface area is 170 Å². The van der Waals surface area contributed by atoms with Gasteiger partial charge >= 0.3 is 0 Å². The highest BCUT2D eigenvalue weighted by molar-refractivity contribution is 5.99. The zero-order valence-corrected chi connectivity index (χ0v) is 17.2. The van der Waals surface area contributed by atoms with Crippen molar-refractivity contribution in [1.82, 2.24) is 10.9 Å². The second-order valence-electron chi connectivity index (χ2n) is 6.24. The first-order valence-corrected chi connectivity index (χ1v) is 9.15. The zero-order chi connectivity index (χ0) is 21.4. The van der Waals surface area contributed by atoms with Gasteiger partial charge in [-0.1, -0.05) is 0 Å². The highest BCUT2D eigenvalue weighted by atomic mass is 16.5. The first kappa shape index (κ1) is 21.9. The van der Waals surface area contributed by atoms with E-state index < -0.39 is 11.8 Å². The lowest BCUT2D eigenvalue weighted by atomic mass is 10.2. The molecule has 0 spiro atoms. The van der Waals surface area contributed by atoms with Gasteiger partial charge in [0.1, 0.15) is 0 Å². The molecule has 2 rings (SSSR count). The van der Waals surface area contributed by atoms with Gasteiger partial charge in [-0.25, -0.2) is 0 Å². The van der Waals surface area contributed by atoms with Crippen LogP contribution in [0.25, 0.3) is 0 Å². The number of ether oxygens (including phenoxy) is 4. The molecule has 29 heavy (non-hydrogen) atoms. The molecule has 2 amide bonds. The smallest absolute Gasteiger partial charge is 0.269 e. The molecule has 0 radical (unpaired) electrons. The molecule has 156 valence electrons. The molecule has 8 heteroatoms. The second-order valence-corrected chi connectivity index (χ2v) is 6.24. The Morgan fingerprint density at radius 3 is 1.76 bits per heavy atom. The standard InChI is InChI=1S/C21H26N2O6/c1-6-28-16-9-7-14(11-18(16)26-4)20(24)22-23-21(25)15-8-10-17(29-13(2)3)19(12-15)27-5/h7-13H,6H2,1-5H3,(H,22,24)(H,23,25). The molecule has 8 nitrogen and oxygen atoms in total. The number of hydrogen-bond donors (Lipinski definition) is 2. The van der Waals surface area contributed by atoms with Crippen LogP contribution in [0.4, 0.5) is 0 Å². The molecule has 0 aromatic heterocycles. The first-order chi connectivity index (χ1) is 13.9. The first-order valence-electron chi connectivity index (χ1n) is 9.15. The number of rotatable bonds is 8. The van der Waals surface area contributed by atoms with Crippen LogP contribution in [0, 0.1) is 0 Å². The van der Waals surface area contributed by atoms with Gasteiger partial charge in [0.05, 0.1) is 26.9 Å². The Morgan fingerprint density at radius 2 is 1.31 bits per heavy atom. The number of nitrogens with one attached hydrogen (secondary N) is 2. The van der Waals surface area contributed by atoms with Gasteiger partial charge in [0.15, 0.2) is 23.0 Å². The van der Waals surface area contributed by atoms with Gasteiger partial charge in [-0.15, -0.1) is 0 Å². The quantitative estimate of drug-likeness (QED) is 0.659. The summed E-state index contributed by atoms with van der Waals surface area (Å²) in [5, 5.41) is 0. The average molecular weight is 402 g/mol. The summed E-state index contributed by atoms with van der Waals surface area (Å²) in [6.45, 7) is 6.12. The Bertz CT molecular complexity index is 866. The van der Waals surface area contributed by atoms with E-state index in [1.54, 1.807) is 30.3 Å². The van der Waals surface area contributed by atoms with Gasteiger partial charge < -0.3 is 18.9 Å². The average Bonchev–Trinajstić information content (AvgIpc) is 2.72. The van der Waals surface area contributed by atoms with Gasteiger partial charge in [0, 0.05) is 11.1 Å². The van der Waals surface area contributed by atoms with Crippen molar-refractivity contribution in [3.8, 4) is 23.0 Å². The van der Waals surface area contributed by atoms with Crippen molar-refractivity contribution in [2.75, 3.05) is 20.8 Å². The molecule has 2 aromatic rings. The van der Waals surface area contributed by atoms with Crippen LogP contribution >= 0.6 is 0 Å². The largest absolute Gasteiger partial charge is 0.493 e. The van der Waals surface area contributed by atoms with Crippen LogP contribution in [0.3, 0.4) is 0 Å². The van der Waals surface area contributed by atoms with Crippen LogP contribution in [0.1, 0.15) is 41.5 Å². The maximum atomic E-state index is 12.4. The van der Waals surface area contributed by atoms with Gasteiger partial charge in [-0.2, -0.15) is 0 Å². The van der Waals surface area contributed by atoms with Gasteiger partial charge in [0.2, 0.25) is 0 Å². The number of carbonyl (C=O) groups excluding carboxylic acids is 2. The molecular weight excluding hydrogens is 376 g/mol. The third-order valence-corrected chi connectivity index (χ3v) is 3.80. The minimum Gasteiger partial charge on any atom is -0.493 e. The molecule has 0 atom stereocenters. The minimum atomic E-state index is -0.495. The Hall–Kier alpha value is -3.42. The molecule has 0 saturated heterocycles. The van der Waals surface area contributed by atoms with Gasteiger partial charge in [-0.3, -0.25) is 20.4 Å². The molecule has 0 aliphatic heterocycles. The van der Waals surface area contributed by atoms with Gasteiger partial charge in [0.25, 0.3) is 11.8 Å². The third-order valence-electron chi connectivity index (χ3n) is 3.80. The van der Waals surface area contributed by atoms with Gasteiger partial charge in [-0.05, 0) is 57.2 Å².